The maximum atomic E-state index is 12.2. The lowest BCUT2D eigenvalue weighted by atomic mass is 10.3. The molecule has 1 fully saturated rings. The second kappa shape index (κ2) is 6.51. The van der Waals surface area contributed by atoms with Crippen molar-refractivity contribution < 1.29 is 27.5 Å². The van der Waals surface area contributed by atoms with Crippen molar-refractivity contribution in [1.82, 2.24) is 9.62 Å². The van der Waals surface area contributed by atoms with Crippen LogP contribution < -0.4 is 9.46 Å². The predicted molar refractivity (Wildman–Crippen MR) is 76.3 cm³/mol. The van der Waals surface area contributed by atoms with Crippen molar-refractivity contribution in [1.29, 1.82) is 0 Å². The van der Waals surface area contributed by atoms with Gasteiger partial charge in [0.25, 0.3) is 5.91 Å². The Labute approximate surface area is 132 Å². The highest BCUT2D eigenvalue weighted by molar-refractivity contribution is 7.89. The Balaban J connectivity index is 2.07. The van der Waals surface area contributed by atoms with Gasteiger partial charge in [0.2, 0.25) is 10.0 Å². The van der Waals surface area contributed by atoms with Gasteiger partial charge in [-0.25, -0.2) is 22.8 Å². The first-order valence-electron chi connectivity index (χ1n) is 6.15. The van der Waals surface area contributed by atoms with E-state index in [2.05, 4.69) is 9.46 Å². The lowest BCUT2D eigenvalue weighted by Gasteiger charge is -2.13. The van der Waals surface area contributed by atoms with Gasteiger partial charge < -0.3 is 9.47 Å². The first-order chi connectivity index (χ1) is 10.3. The van der Waals surface area contributed by atoms with Crippen LogP contribution in [0.1, 0.15) is 0 Å². The number of imide groups is 1. The highest BCUT2D eigenvalue weighted by atomic mass is 35.5. The smallest absolute Gasteiger partial charge is 0.417 e. The van der Waals surface area contributed by atoms with Crippen molar-refractivity contribution in [3.63, 3.8) is 0 Å². The number of methoxy groups -OCH3 is 1. The largest absolute Gasteiger partial charge is 0.495 e. The van der Waals surface area contributed by atoms with Crippen LogP contribution in [0.5, 0.6) is 5.75 Å². The van der Waals surface area contributed by atoms with Crippen molar-refractivity contribution in [2.45, 2.75) is 4.90 Å². The zero-order valence-electron chi connectivity index (χ0n) is 11.5. The number of nitrogens with one attached hydrogen (secondary N) is 1. The number of carbonyl (C=O) groups is 2. The molecule has 0 spiro atoms. The molecule has 1 saturated heterocycles. The third kappa shape index (κ3) is 3.49. The third-order valence-electron chi connectivity index (χ3n) is 2.88. The number of nitrogens with zero attached hydrogens (tertiary/aromatic N) is 1. The standard InChI is InChI=1S/C12H13ClN2O6S/c1-20-9-3-2-8(13)6-10(9)22(18,19)14-4-5-15-11(16)7-21-12(15)17/h2-3,6,14H,4-5,7H2,1H3. The maximum Gasteiger partial charge on any atom is 0.417 e. The number of hydrogen-bond donors (Lipinski definition) is 1. The van der Waals surface area contributed by atoms with E-state index in [1.165, 1.54) is 25.3 Å². The molecule has 0 atom stereocenters. The number of benzene rings is 1. The number of halogens is 1. The van der Waals surface area contributed by atoms with Crippen molar-refractivity contribution in [3.8, 4) is 5.75 Å². The molecular formula is C12H13ClN2O6S. The lowest BCUT2D eigenvalue weighted by molar-refractivity contribution is -0.125. The van der Waals surface area contributed by atoms with Crippen LogP contribution in [0.4, 0.5) is 4.79 Å². The van der Waals surface area contributed by atoms with E-state index in [1.54, 1.807) is 0 Å². The number of amides is 2. The summed E-state index contributed by atoms with van der Waals surface area (Å²) < 4.78 is 36.2. The van der Waals surface area contributed by atoms with Crippen molar-refractivity contribution >= 4 is 33.6 Å². The van der Waals surface area contributed by atoms with Gasteiger partial charge in [-0.3, -0.25) is 4.79 Å². The Bertz CT molecular complexity index is 690. The molecule has 10 heteroatoms. The number of hydrogen-bond acceptors (Lipinski definition) is 6. The average molecular weight is 349 g/mol. The van der Waals surface area contributed by atoms with Crippen LogP contribution in [0.2, 0.25) is 5.02 Å². The molecule has 1 aliphatic rings. The van der Waals surface area contributed by atoms with Crippen LogP contribution in [0.3, 0.4) is 0 Å². The summed E-state index contributed by atoms with van der Waals surface area (Å²) >= 11 is 5.79. The first kappa shape index (κ1) is 16.5. The van der Waals surface area contributed by atoms with Crippen LogP contribution in [-0.4, -0.2) is 52.1 Å². The van der Waals surface area contributed by atoms with Crippen molar-refractivity contribution in [3.05, 3.63) is 23.2 Å². The molecule has 8 nitrogen and oxygen atoms in total. The van der Waals surface area contributed by atoms with E-state index >= 15 is 0 Å². The average Bonchev–Trinajstić information content (AvgIpc) is 2.79. The second-order valence-electron chi connectivity index (χ2n) is 4.29. The SMILES string of the molecule is COc1ccc(Cl)cc1S(=O)(=O)NCCN1C(=O)COC1=O. The van der Waals surface area contributed by atoms with E-state index in [1.807, 2.05) is 0 Å². The van der Waals surface area contributed by atoms with Gasteiger partial charge in [-0.05, 0) is 18.2 Å². The fraction of sp³-hybridized carbons (Fsp3) is 0.333. The normalized spacial score (nSPS) is 15.1. The minimum absolute atomic E-state index is 0.125. The second-order valence-corrected chi connectivity index (χ2v) is 6.46. The van der Waals surface area contributed by atoms with E-state index in [9.17, 15) is 18.0 Å². The van der Waals surface area contributed by atoms with Crippen LogP contribution in [0.15, 0.2) is 23.1 Å². The molecule has 0 bridgehead atoms. The van der Waals surface area contributed by atoms with E-state index in [0.29, 0.717) is 0 Å². The minimum atomic E-state index is -3.90. The first-order valence-corrected chi connectivity index (χ1v) is 8.01. The molecule has 2 amide bonds. The summed E-state index contributed by atoms with van der Waals surface area (Å²) in [5.74, 6) is -0.377. The van der Waals surface area contributed by atoms with Gasteiger partial charge in [0.05, 0.1) is 7.11 Å². The lowest BCUT2D eigenvalue weighted by Crippen LogP contribution is -2.37. The summed E-state index contributed by atoms with van der Waals surface area (Å²) in [5, 5.41) is 0.236. The summed E-state index contributed by atoms with van der Waals surface area (Å²) in [7, 11) is -2.57. The van der Waals surface area contributed by atoms with Gasteiger partial charge in [0.1, 0.15) is 10.6 Å². The Morgan fingerprint density at radius 3 is 2.73 bits per heavy atom. The zero-order valence-corrected chi connectivity index (χ0v) is 13.1. The molecule has 0 radical (unpaired) electrons. The fourth-order valence-corrected chi connectivity index (χ4v) is 3.28. The molecular weight excluding hydrogens is 336 g/mol. The summed E-state index contributed by atoms with van der Waals surface area (Å²) in [5.41, 5.74) is 0. The number of sulfonamides is 1. The molecule has 1 heterocycles. The van der Waals surface area contributed by atoms with E-state index in [0.717, 1.165) is 4.90 Å². The third-order valence-corrected chi connectivity index (χ3v) is 4.60. The van der Waals surface area contributed by atoms with Crippen LogP contribution in [0.25, 0.3) is 0 Å². The Morgan fingerprint density at radius 1 is 1.41 bits per heavy atom. The molecule has 1 aliphatic heterocycles. The fourth-order valence-electron chi connectivity index (χ4n) is 1.83. The minimum Gasteiger partial charge on any atom is -0.495 e. The molecule has 2 rings (SSSR count). The molecule has 1 N–H and O–H groups in total. The molecule has 120 valence electrons. The Hall–Kier alpha value is -1.84. The Morgan fingerprint density at radius 2 is 2.14 bits per heavy atom. The summed E-state index contributed by atoms with van der Waals surface area (Å²) in [6.07, 6.45) is -0.787. The number of cyclic esters (lactones) is 1. The van der Waals surface area contributed by atoms with Crippen LogP contribution in [-0.2, 0) is 19.6 Å². The molecule has 1 aromatic carbocycles. The predicted octanol–water partition coefficient (Wildman–Crippen LogP) is 0.606. The quantitative estimate of drug-likeness (QED) is 0.808. The topological polar surface area (TPSA) is 102 Å². The molecule has 0 unspecified atom stereocenters. The summed E-state index contributed by atoms with van der Waals surface area (Å²) in [6.45, 7) is -0.605. The molecule has 0 aromatic heterocycles. The summed E-state index contributed by atoms with van der Waals surface area (Å²) in [6, 6.07) is 4.18. The maximum absolute atomic E-state index is 12.2. The Kier molecular flexibility index (Phi) is 4.89. The number of rotatable bonds is 6. The van der Waals surface area contributed by atoms with E-state index < -0.39 is 22.0 Å². The molecule has 22 heavy (non-hydrogen) atoms. The number of carbonyl (C=O) groups excluding carboxylic acids is 2. The zero-order chi connectivity index (χ0) is 16.3. The van der Waals surface area contributed by atoms with Gasteiger partial charge in [-0.2, -0.15) is 0 Å². The van der Waals surface area contributed by atoms with Crippen LogP contribution in [0, 0.1) is 0 Å². The van der Waals surface area contributed by atoms with Crippen molar-refractivity contribution in [2.24, 2.45) is 0 Å². The van der Waals surface area contributed by atoms with Gasteiger partial charge in [0, 0.05) is 18.1 Å². The van der Waals surface area contributed by atoms with E-state index in [-0.39, 0.29) is 35.4 Å². The van der Waals surface area contributed by atoms with Crippen molar-refractivity contribution in [2.75, 3.05) is 26.8 Å². The highest BCUT2D eigenvalue weighted by Gasteiger charge is 2.31. The van der Waals surface area contributed by atoms with Gasteiger partial charge in [-0.15, -0.1) is 0 Å². The monoisotopic (exact) mass is 348 g/mol. The van der Waals surface area contributed by atoms with Gasteiger partial charge in [0.15, 0.2) is 6.61 Å². The molecule has 1 aromatic rings. The highest BCUT2D eigenvalue weighted by Crippen LogP contribution is 2.26. The number of ether oxygens (including phenoxy) is 2. The molecule has 0 saturated carbocycles. The van der Waals surface area contributed by atoms with Gasteiger partial charge >= 0.3 is 6.09 Å². The van der Waals surface area contributed by atoms with E-state index in [4.69, 9.17) is 16.3 Å². The molecule has 0 aliphatic carbocycles. The summed E-state index contributed by atoms with van der Waals surface area (Å²) in [4.78, 5) is 23.2. The van der Waals surface area contributed by atoms with Crippen LogP contribution >= 0.6 is 11.6 Å². The van der Waals surface area contributed by atoms with Gasteiger partial charge in [-0.1, -0.05) is 11.6 Å².